The molecule has 3 aromatic rings. The van der Waals surface area contributed by atoms with Crippen LogP contribution in [0, 0.1) is 6.92 Å². The van der Waals surface area contributed by atoms with Gasteiger partial charge in [0, 0.05) is 11.1 Å². The number of oxazole rings is 1. The van der Waals surface area contributed by atoms with E-state index in [0.29, 0.717) is 5.71 Å². The Morgan fingerprint density at radius 1 is 1.44 bits per heavy atom. The van der Waals surface area contributed by atoms with E-state index in [9.17, 15) is 0 Å². The summed E-state index contributed by atoms with van der Waals surface area (Å²) in [5.74, 6) is 0.732. The van der Waals surface area contributed by atoms with E-state index in [1.54, 1.807) is 17.5 Å². The van der Waals surface area contributed by atoms with Crippen molar-refractivity contribution in [2.45, 2.75) is 13.3 Å². The van der Waals surface area contributed by atoms with Crippen LogP contribution in [0.25, 0.3) is 11.2 Å². The van der Waals surface area contributed by atoms with Crippen molar-refractivity contribution in [1.29, 1.82) is 0 Å². The second-order valence-corrected chi connectivity index (χ2v) is 4.73. The topological polar surface area (TPSA) is 38.9 Å². The molecule has 0 spiro atoms. The number of nitrogens with zero attached hydrogens (tertiary/aromatic N) is 2. The SMILES string of the molecule is Cc1cnc2oc(Cc3cccs3)nc2c1. The highest BCUT2D eigenvalue weighted by atomic mass is 32.1. The lowest BCUT2D eigenvalue weighted by molar-refractivity contribution is 0.536. The fraction of sp³-hybridized carbons (Fsp3) is 0.167. The van der Waals surface area contributed by atoms with Crippen LogP contribution in [0.1, 0.15) is 16.3 Å². The molecule has 0 aromatic carbocycles. The fourth-order valence-electron chi connectivity index (χ4n) is 1.61. The molecule has 3 rings (SSSR count). The Bertz CT molecular complexity index is 613. The highest BCUT2D eigenvalue weighted by molar-refractivity contribution is 7.09. The summed E-state index contributed by atoms with van der Waals surface area (Å²) in [7, 11) is 0. The van der Waals surface area contributed by atoms with Crippen molar-refractivity contribution in [2.24, 2.45) is 0 Å². The molecule has 3 nitrogen and oxygen atoms in total. The van der Waals surface area contributed by atoms with Gasteiger partial charge in [0.15, 0.2) is 0 Å². The Hall–Kier alpha value is -1.68. The fourth-order valence-corrected chi connectivity index (χ4v) is 2.30. The van der Waals surface area contributed by atoms with Crippen LogP contribution in [0.3, 0.4) is 0 Å². The largest absolute Gasteiger partial charge is 0.422 e. The van der Waals surface area contributed by atoms with Gasteiger partial charge in [-0.3, -0.25) is 0 Å². The highest BCUT2D eigenvalue weighted by Gasteiger charge is 2.07. The van der Waals surface area contributed by atoms with E-state index in [4.69, 9.17) is 4.42 Å². The number of thiophene rings is 1. The van der Waals surface area contributed by atoms with Crippen LogP contribution < -0.4 is 0 Å². The lowest BCUT2D eigenvalue weighted by Crippen LogP contribution is -1.82. The van der Waals surface area contributed by atoms with Crippen molar-refractivity contribution in [1.82, 2.24) is 9.97 Å². The highest BCUT2D eigenvalue weighted by Crippen LogP contribution is 2.18. The maximum atomic E-state index is 5.58. The van der Waals surface area contributed by atoms with E-state index in [-0.39, 0.29) is 0 Å². The first-order chi connectivity index (χ1) is 7.81. The van der Waals surface area contributed by atoms with Gasteiger partial charge in [-0.25, -0.2) is 9.97 Å². The Morgan fingerprint density at radius 3 is 3.19 bits per heavy atom. The van der Waals surface area contributed by atoms with E-state index in [0.717, 1.165) is 23.4 Å². The van der Waals surface area contributed by atoms with Crippen molar-refractivity contribution < 1.29 is 4.42 Å². The first-order valence-electron chi connectivity index (χ1n) is 5.06. The first kappa shape index (κ1) is 9.54. The summed E-state index contributed by atoms with van der Waals surface area (Å²) in [6, 6.07) is 6.10. The van der Waals surface area contributed by atoms with Gasteiger partial charge in [0.2, 0.25) is 11.6 Å². The Balaban J connectivity index is 1.99. The average Bonchev–Trinajstić information content (AvgIpc) is 2.86. The number of fused-ring (bicyclic) bond motifs is 1. The first-order valence-corrected chi connectivity index (χ1v) is 5.94. The Labute approximate surface area is 96.8 Å². The maximum absolute atomic E-state index is 5.58. The van der Waals surface area contributed by atoms with Crippen molar-refractivity contribution >= 4 is 22.6 Å². The molecule has 0 aliphatic heterocycles. The lowest BCUT2D eigenvalue weighted by atomic mass is 10.3. The van der Waals surface area contributed by atoms with Crippen molar-refractivity contribution in [3.8, 4) is 0 Å². The molecule has 0 aliphatic rings. The van der Waals surface area contributed by atoms with E-state index in [1.165, 1.54) is 4.88 Å². The average molecular weight is 230 g/mol. The van der Waals surface area contributed by atoms with Gasteiger partial charge in [0.1, 0.15) is 5.52 Å². The monoisotopic (exact) mass is 230 g/mol. The quantitative estimate of drug-likeness (QED) is 0.678. The lowest BCUT2D eigenvalue weighted by Gasteiger charge is -1.88. The van der Waals surface area contributed by atoms with Gasteiger partial charge in [0.25, 0.3) is 0 Å². The standard InChI is InChI=1S/C12H10N2OS/c1-8-5-10-12(13-7-8)15-11(14-10)6-9-3-2-4-16-9/h2-5,7H,6H2,1H3. The maximum Gasteiger partial charge on any atom is 0.246 e. The minimum absolute atomic E-state index is 0.622. The molecule has 16 heavy (non-hydrogen) atoms. The molecule has 3 aromatic heterocycles. The Kier molecular flexibility index (Phi) is 2.22. The van der Waals surface area contributed by atoms with Gasteiger partial charge in [-0.05, 0) is 30.0 Å². The molecule has 0 amide bonds. The Morgan fingerprint density at radius 2 is 2.38 bits per heavy atom. The molecular formula is C12H10N2OS. The second-order valence-electron chi connectivity index (χ2n) is 3.70. The third kappa shape index (κ3) is 1.72. The van der Waals surface area contributed by atoms with Crippen LogP contribution in [0.2, 0.25) is 0 Å². The predicted molar refractivity (Wildman–Crippen MR) is 63.7 cm³/mol. The van der Waals surface area contributed by atoms with Crippen LogP contribution in [0.15, 0.2) is 34.2 Å². The van der Waals surface area contributed by atoms with E-state index >= 15 is 0 Å². The molecular weight excluding hydrogens is 220 g/mol. The number of aromatic nitrogens is 2. The molecule has 0 radical (unpaired) electrons. The molecule has 0 unspecified atom stereocenters. The van der Waals surface area contributed by atoms with Gasteiger partial charge >= 0.3 is 0 Å². The molecule has 0 saturated carbocycles. The molecule has 0 N–H and O–H groups in total. The molecule has 0 aliphatic carbocycles. The third-order valence-electron chi connectivity index (χ3n) is 2.33. The van der Waals surface area contributed by atoms with Gasteiger partial charge in [0.05, 0.1) is 6.42 Å². The predicted octanol–water partition coefficient (Wildman–Crippen LogP) is 3.18. The van der Waals surface area contributed by atoms with Crippen molar-refractivity contribution in [3.05, 3.63) is 46.1 Å². The molecule has 4 heteroatoms. The number of pyridine rings is 1. The zero-order valence-electron chi connectivity index (χ0n) is 8.80. The van der Waals surface area contributed by atoms with Gasteiger partial charge in [-0.2, -0.15) is 0 Å². The summed E-state index contributed by atoms with van der Waals surface area (Å²) in [6.07, 6.45) is 2.54. The second kappa shape index (κ2) is 3.72. The molecule has 0 saturated heterocycles. The van der Waals surface area contributed by atoms with Crippen LogP contribution in [0.4, 0.5) is 0 Å². The van der Waals surface area contributed by atoms with Crippen LogP contribution >= 0.6 is 11.3 Å². The summed E-state index contributed by atoms with van der Waals surface area (Å²) in [4.78, 5) is 9.88. The molecule has 0 fully saturated rings. The molecule has 0 bridgehead atoms. The normalized spacial score (nSPS) is 11.1. The number of hydrogen-bond donors (Lipinski definition) is 0. The summed E-state index contributed by atoms with van der Waals surface area (Å²) < 4.78 is 5.58. The molecule has 80 valence electrons. The summed E-state index contributed by atoms with van der Waals surface area (Å²) in [5.41, 5.74) is 2.56. The van der Waals surface area contributed by atoms with E-state index in [2.05, 4.69) is 21.4 Å². The van der Waals surface area contributed by atoms with Crippen molar-refractivity contribution in [3.63, 3.8) is 0 Å². The van der Waals surface area contributed by atoms with Crippen LogP contribution in [0.5, 0.6) is 0 Å². The number of hydrogen-bond acceptors (Lipinski definition) is 4. The minimum atomic E-state index is 0.622. The minimum Gasteiger partial charge on any atom is -0.422 e. The number of rotatable bonds is 2. The smallest absolute Gasteiger partial charge is 0.246 e. The van der Waals surface area contributed by atoms with Crippen LogP contribution in [-0.2, 0) is 6.42 Å². The van der Waals surface area contributed by atoms with Crippen LogP contribution in [-0.4, -0.2) is 9.97 Å². The summed E-state index contributed by atoms with van der Waals surface area (Å²) in [6.45, 7) is 2.00. The van der Waals surface area contributed by atoms with E-state index in [1.807, 2.05) is 19.1 Å². The zero-order valence-corrected chi connectivity index (χ0v) is 9.62. The van der Waals surface area contributed by atoms with Gasteiger partial charge in [-0.1, -0.05) is 6.07 Å². The zero-order chi connectivity index (χ0) is 11.0. The van der Waals surface area contributed by atoms with E-state index < -0.39 is 0 Å². The van der Waals surface area contributed by atoms with Gasteiger partial charge in [-0.15, -0.1) is 11.3 Å². The summed E-state index contributed by atoms with van der Waals surface area (Å²) in [5, 5.41) is 2.06. The van der Waals surface area contributed by atoms with Crippen molar-refractivity contribution in [2.75, 3.05) is 0 Å². The third-order valence-corrected chi connectivity index (χ3v) is 3.21. The summed E-state index contributed by atoms with van der Waals surface area (Å²) >= 11 is 1.71. The van der Waals surface area contributed by atoms with Gasteiger partial charge < -0.3 is 4.42 Å². The molecule has 3 heterocycles. The number of aryl methyl sites for hydroxylation is 1. The molecule has 0 atom stereocenters.